The van der Waals surface area contributed by atoms with E-state index in [1.54, 1.807) is 24.5 Å². The van der Waals surface area contributed by atoms with Crippen LogP contribution >= 0.6 is 24.0 Å². The van der Waals surface area contributed by atoms with Gasteiger partial charge in [-0.05, 0) is 36.6 Å². The van der Waals surface area contributed by atoms with Crippen molar-refractivity contribution in [3.05, 3.63) is 53.1 Å². The fourth-order valence-electron chi connectivity index (χ4n) is 2.67. The number of rotatable bonds is 3. The summed E-state index contributed by atoms with van der Waals surface area (Å²) in [4.78, 5) is 18.7. The van der Waals surface area contributed by atoms with Crippen molar-refractivity contribution in [2.45, 2.75) is 19.3 Å². The number of aromatic nitrogens is 1. The van der Waals surface area contributed by atoms with Crippen LogP contribution in [0.5, 0.6) is 0 Å². The molecule has 0 unspecified atom stereocenters. The van der Waals surface area contributed by atoms with Crippen LogP contribution in [0.15, 0.2) is 46.0 Å². The van der Waals surface area contributed by atoms with E-state index in [4.69, 9.17) is 16.6 Å². The maximum absolute atomic E-state index is 12.6. The Morgan fingerprint density at radius 1 is 1.43 bits per heavy atom. The molecule has 0 N–H and O–H groups in total. The van der Waals surface area contributed by atoms with Gasteiger partial charge >= 0.3 is 0 Å². The summed E-state index contributed by atoms with van der Waals surface area (Å²) in [6.07, 6.45) is 6.25. The number of amides is 1. The Balaban J connectivity index is 1.59. The second kappa shape index (κ2) is 5.62. The maximum Gasteiger partial charge on any atom is 0.270 e. The molecule has 2 aromatic rings. The SMILES string of the molecule is C[C@@H]1C[C@H]1c1ccc(/C=C2\SC(=S)N(c3cccnc3)C2=O)o1. The van der Waals surface area contributed by atoms with Crippen molar-refractivity contribution in [2.75, 3.05) is 4.90 Å². The van der Waals surface area contributed by atoms with Gasteiger partial charge in [0.25, 0.3) is 5.91 Å². The average molecular weight is 342 g/mol. The monoisotopic (exact) mass is 342 g/mol. The van der Waals surface area contributed by atoms with Gasteiger partial charge in [-0.3, -0.25) is 14.7 Å². The molecule has 23 heavy (non-hydrogen) atoms. The third kappa shape index (κ3) is 2.72. The van der Waals surface area contributed by atoms with E-state index in [0.717, 1.165) is 5.76 Å². The summed E-state index contributed by atoms with van der Waals surface area (Å²) in [6.45, 7) is 2.21. The molecule has 1 aliphatic heterocycles. The minimum absolute atomic E-state index is 0.134. The first-order chi connectivity index (χ1) is 11.1. The highest BCUT2D eigenvalue weighted by atomic mass is 32.2. The van der Waals surface area contributed by atoms with Gasteiger partial charge in [0.2, 0.25) is 0 Å². The molecule has 1 amide bonds. The number of nitrogens with zero attached hydrogens (tertiary/aromatic N) is 2. The van der Waals surface area contributed by atoms with Gasteiger partial charge in [0.1, 0.15) is 11.5 Å². The van der Waals surface area contributed by atoms with Crippen LogP contribution < -0.4 is 4.90 Å². The number of carbonyl (C=O) groups is 1. The van der Waals surface area contributed by atoms with Crippen LogP contribution in [-0.2, 0) is 4.79 Å². The van der Waals surface area contributed by atoms with E-state index < -0.39 is 0 Å². The highest BCUT2D eigenvalue weighted by molar-refractivity contribution is 8.27. The minimum Gasteiger partial charge on any atom is -0.461 e. The second-order valence-corrected chi connectivity index (χ2v) is 7.46. The standard InChI is InChI=1S/C17H14N2O2S2/c1-10-7-13(10)14-5-4-12(21-14)8-15-16(20)19(17(22)23-15)11-3-2-6-18-9-11/h2-6,8-10,13H,7H2,1H3/b15-8-/t10-,13-/m1/s1. The quantitative estimate of drug-likeness (QED) is 0.618. The Kier molecular flexibility index (Phi) is 3.58. The Morgan fingerprint density at radius 3 is 2.96 bits per heavy atom. The summed E-state index contributed by atoms with van der Waals surface area (Å²) >= 11 is 6.62. The number of thioether (sulfide) groups is 1. The molecule has 2 aromatic heterocycles. The van der Waals surface area contributed by atoms with E-state index in [9.17, 15) is 4.79 Å². The number of thiocarbonyl (C=S) groups is 1. The van der Waals surface area contributed by atoms with Gasteiger partial charge in [-0.2, -0.15) is 0 Å². The van der Waals surface area contributed by atoms with Crippen molar-refractivity contribution in [2.24, 2.45) is 5.92 Å². The number of hydrogen-bond acceptors (Lipinski definition) is 5. The third-order valence-electron chi connectivity index (χ3n) is 4.09. The molecule has 0 spiro atoms. The molecule has 2 aliphatic rings. The van der Waals surface area contributed by atoms with Crippen molar-refractivity contribution in [1.82, 2.24) is 4.98 Å². The van der Waals surface area contributed by atoms with Gasteiger partial charge in [0, 0.05) is 18.2 Å². The van der Waals surface area contributed by atoms with Crippen molar-refractivity contribution in [3.63, 3.8) is 0 Å². The normalized spacial score (nSPS) is 25.4. The molecule has 1 saturated heterocycles. The van der Waals surface area contributed by atoms with E-state index in [-0.39, 0.29) is 5.91 Å². The molecular weight excluding hydrogens is 328 g/mol. The lowest BCUT2D eigenvalue weighted by molar-refractivity contribution is -0.113. The van der Waals surface area contributed by atoms with E-state index >= 15 is 0 Å². The molecule has 2 atom stereocenters. The molecular formula is C17H14N2O2S2. The first kappa shape index (κ1) is 14.7. The number of furan rings is 1. The van der Waals surface area contributed by atoms with Gasteiger partial charge in [-0.15, -0.1) is 0 Å². The second-order valence-electron chi connectivity index (χ2n) is 5.79. The lowest BCUT2D eigenvalue weighted by atomic mass is 10.3. The molecule has 0 bridgehead atoms. The van der Waals surface area contributed by atoms with Crippen LogP contribution in [0.25, 0.3) is 6.08 Å². The van der Waals surface area contributed by atoms with Crippen molar-refractivity contribution in [1.29, 1.82) is 0 Å². The van der Waals surface area contributed by atoms with Crippen LogP contribution in [0.3, 0.4) is 0 Å². The Hall–Kier alpha value is -1.92. The molecule has 0 aromatic carbocycles. The lowest BCUT2D eigenvalue weighted by Crippen LogP contribution is -2.27. The van der Waals surface area contributed by atoms with Gasteiger partial charge in [0.05, 0.1) is 16.8 Å². The molecule has 116 valence electrons. The summed E-state index contributed by atoms with van der Waals surface area (Å²) in [5.74, 6) is 2.79. The molecule has 4 rings (SSSR count). The highest BCUT2D eigenvalue weighted by Crippen LogP contribution is 2.47. The van der Waals surface area contributed by atoms with Crippen LogP contribution in [0.4, 0.5) is 5.69 Å². The van der Waals surface area contributed by atoms with E-state index in [0.29, 0.717) is 32.5 Å². The zero-order valence-corrected chi connectivity index (χ0v) is 14.1. The minimum atomic E-state index is -0.134. The van der Waals surface area contributed by atoms with Gasteiger partial charge < -0.3 is 4.42 Å². The van der Waals surface area contributed by atoms with Crippen LogP contribution in [-0.4, -0.2) is 15.2 Å². The Labute approximate surface area is 143 Å². The van der Waals surface area contributed by atoms with Crippen molar-refractivity contribution in [3.8, 4) is 0 Å². The zero-order chi connectivity index (χ0) is 16.0. The number of pyridine rings is 1. The predicted molar refractivity (Wildman–Crippen MR) is 95.1 cm³/mol. The fourth-order valence-corrected chi connectivity index (χ4v) is 3.95. The molecule has 2 fully saturated rings. The third-order valence-corrected chi connectivity index (χ3v) is 5.40. The highest BCUT2D eigenvalue weighted by Gasteiger charge is 2.37. The van der Waals surface area contributed by atoms with Gasteiger partial charge in [-0.1, -0.05) is 30.9 Å². The number of anilines is 1. The van der Waals surface area contributed by atoms with Gasteiger partial charge in [0.15, 0.2) is 4.32 Å². The van der Waals surface area contributed by atoms with Crippen molar-refractivity contribution < 1.29 is 9.21 Å². The summed E-state index contributed by atoms with van der Waals surface area (Å²) < 4.78 is 6.36. The average Bonchev–Trinajstić information content (AvgIpc) is 2.98. The topological polar surface area (TPSA) is 46.3 Å². The molecule has 4 nitrogen and oxygen atoms in total. The molecule has 0 radical (unpaired) electrons. The largest absolute Gasteiger partial charge is 0.461 e. The summed E-state index contributed by atoms with van der Waals surface area (Å²) in [6, 6.07) is 7.52. The smallest absolute Gasteiger partial charge is 0.270 e. The summed E-state index contributed by atoms with van der Waals surface area (Å²) in [5.41, 5.74) is 0.685. The Bertz CT molecular complexity index is 813. The number of carbonyl (C=O) groups excluding carboxylic acids is 1. The molecule has 1 aliphatic carbocycles. The first-order valence-electron chi connectivity index (χ1n) is 7.41. The number of hydrogen-bond donors (Lipinski definition) is 0. The van der Waals surface area contributed by atoms with E-state index in [2.05, 4.69) is 11.9 Å². The van der Waals surface area contributed by atoms with E-state index in [1.165, 1.54) is 23.1 Å². The molecule has 3 heterocycles. The molecule has 6 heteroatoms. The predicted octanol–water partition coefficient (Wildman–Crippen LogP) is 4.20. The van der Waals surface area contributed by atoms with Gasteiger partial charge in [-0.25, -0.2) is 0 Å². The van der Waals surface area contributed by atoms with Crippen LogP contribution in [0, 0.1) is 5.92 Å². The van der Waals surface area contributed by atoms with E-state index in [1.807, 2.05) is 18.2 Å². The first-order valence-corrected chi connectivity index (χ1v) is 8.63. The zero-order valence-electron chi connectivity index (χ0n) is 12.4. The lowest BCUT2D eigenvalue weighted by Gasteiger charge is -2.13. The Morgan fingerprint density at radius 2 is 2.26 bits per heavy atom. The maximum atomic E-state index is 12.6. The van der Waals surface area contributed by atoms with Crippen LogP contribution in [0.1, 0.15) is 30.8 Å². The summed E-state index contributed by atoms with van der Waals surface area (Å²) in [5, 5.41) is 0. The summed E-state index contributed by atoms with van der Waals surface area (Å²) in [7, 11) is 0. The van der Waals surface area contributed by atoms with Crippen LogP contribution in [0.2, 0.25) is 0 Å². The fraction of sp³-hybridized carbons (Fsp3) is 0.235. The molecule has 1 saturated carbocycles. The van der Waals surface area contributed by atoms with Crippen molar-refractivity contribution >= 4 is 46.0 Å².